The largest absolute Gasteiger partial charge is 0.494 e. The molecular weight excluding hydrogens is 336 g/mol. The van der Waals surface area contributed by atoms with E-state index < -0.39 is 0 Å². The Labute approximate surface area is 149 Å². The zero-order valence-electron chi connectivity index (χ0n) is 13.9. The summed E-state index contributed by atoms with van der Waals surface area (Å²) in [5.41, 5.74) is 5.24. The van der Waals surface area contributed by atoms with E-state index in [0.717, 1.165) is 21.9 Å². The lowest BCUT2D eigenvalue weighted by atomic mass is 10.1. The van der Waals surface area contributed by atoms with Crippen molar-refractivity contribution >= 4 is 23.0 Å². The molecule has 0 aliphatic rings. The third kappa shape index (κ3) is 4.13. The van der Waals surface area contributed by atoms with E-state index in [2.05, 4.69) is 20.7 Å². The number of amides is 1. The van der Waals surface area contributed by atoms with E-state index in [1.54, 1.807) is 17.4 Å². The molecule has 0 saturated heterocycles. The standard InChI is InChI=1S/C18H18N4O2S/c1-3-24-14-8-6-13(7-9-14)15-11-16(21-20-15)18(23)22-19-12(2)17-5-4-10-25-17/h4-11H,3H2,1-2H3,(H,20,21)(H,22,23). The maximum absolute atomic E-state index is 12.2. The van der Waals surface area contributed by atoms with Crippen LogP contribution in [0.3, 0.4) is 0 Å². The summed E-state index contributed by atoms with van der Waals surface area (Å²) in [6.45, 7) is 4.41. The van der Waals surface area contributed by atoms with E-state index in [1.165, 1.54) is 0 Å². The highest BCUT2D eigenvalue weighted by Crippen LogP contribution is 2.21. The first-order valence-electron chi connectivity index (χ1n) is 7.84. The van der Waals surface area contributed by atoms with Crippen molar-refractivity contribution in [2.75, 3.05) is 6.61 Å². The number of H-pyrrole nitrogens is 1. The Bertz CT molecular complexity index is 867. The number of carbonyl (C=O) groups is 1. The molecule has 0 fully saturated rings. The molecule has 2 heterocycles. The molecule has 3 aromatic rings. The van der Waals surface area contributed by atoms with Gasteiger partial charge in [0.2, 0.25) is 0 Å². The smallest absolute Gasteiger partial charge is 0.289 e. The number of ether oxygens (including phenoxy) is 1. The molecule has 2 N–H and O–H groups in total. The molecule has 6 nitrogen and oxygen atoms in total. The molecule has 0 unspecified atom stereocenters. The van der Waals surface area contributed by atoms with Crippen LogP contribution in [0.1, 0.15) is 29.2 Å². The van der Waals surface area contributed by atoms with Crippen LogP contribution in [0.2, 0.25) is 0 Å². The van der Waals surface area contributed by atoms with Gasteiger partial charge in [0.25, 0.3) is 5.91 Å². The Morgan fingerprint density at radius 3 is 2.80 bits per heavy atom. The highest BCUT2D eigenvalue weighted by molar-refractivity contribution is 7.12. The molecule has 0 atom stereocenters. The lowest BCUT2D eigenvalue weighted by molar-refractivity contribution is 0.0950. The predicted octanol–water partition coefficient (Wildman–Crippen LogP) is 3.69. The van der Waals surface area contributed by atoms with Gasteiger partial charge in [-0.3, -0.25) is 9.89 Å². The number of aromatic nitrogens is 2. The second-order valence-corrected chi connectivity index (χ2v) is 6.19. The molecule has 0 saturated carbocycles. The molecule has 1 amide bonds. The topological polar surface area (TPSA) is 79.4 Å². The number of carbonyl (C=O) groups excluding carboxylic acids is 1. The van der Waals surface area contributed by atoms with Crippen LogP contribution in [0.15, 0.2) is 52.9 Å². The van der Waals surface area contributed by atoms with E-state index in [-0.39, 0.29) is 5.91 Å². The first-order valence-corrected chi connectivity index (χ1v) is 8.72. The van der Waals surface area contributed by atoms with Crippen LogP contribution in [0, 0.1) is 0 Å². The summed E-state index contributed by atoms with van der Waals surface area (Å²) in [5, 5.41) is 13.0. The molecule has 7 heteroatoms. The van der Waals surface area contributed by atoms with Crippen LogP contribution in [0.25, 0.3) is 11.3 Å². The fourth-order valence-electron chi connectivity index (χ4n) is 2.21. The zero-order valence-corrected chi connectivity index (χ0v) is 14.8. The van der Waals surface area contributed by atoms with Gasteiger partial charge in [0.1, 0.15) is 11.4 Å². The van der Waals surface area contributed by atoms with Crippen molar-refractivity contribution in [2.24, 2.45) is 5.10 Å². The van der Waals surface area contributed by atoms with Crippen molar-refractivity contribution in [3.63, 3.8) is 0 Å². The Morgan fingerprint density at radius 1 is 1.32 bits per heavy atom. The molecule has 0 aliphatic heterocycles. The molecular formula is C18H18N4O2S. The number of thiophene rings is 1. The number of hydrazone groups is 1. The summed E-state index contributed by atoms with van der Waals surface area (Å²) in [5.74, 6) is 0.471. The normalized spacial score (nSPS) is 11.4. The highest BCUT2D eigenvalue weighted by Gasteiger charge is 2.11. The summed E-state index contributed by atoms with van der Waals surface area (Å²) in [6.07, 6.45) is 0. The van der Waals surface area contributed by atoms with E-state index in [1.807, 2.05) is 55.6 Å². The van der Waals surface area contributed by atoms with Crippen LogP contribution in [0.4, 0.5) is 0 Å². The Balaban J connectivity index is 1.68. The van der Waals surface area contributed by atoms with Crippen LogP contribution < -0.4 is 10.2 Å². The number of rotatable bonds is 6. The summed E-state index contributed by atoms with van der Waals surface area (Å²) >= 11 is 1.57. The fraction of sp³-hybridized carbons (Fsp3) is 0.167. The van der Waals surface area contributed by atoms with Crippen LogP contribution in [0.5, 0.6) is 5.75 Å². The summed E-state index contributed by atoms with van der Waals surface area (Å²) in [4.78, 5) is 13.2. The Kier molecular flexibility index (Phi) is 5.25. The van der Waals surface area contributed by atoms with Gasteiger partial charge < -0.3 is 4.74 Å². The first-order chi connectivity index (χ1) is 12.2. The van der Waals surface area contributed by atoms with Gasteiger partial charge in [-0.2, -0.15) is 10.2 Å². The maximum Gasteiger partial charge on any atom is 0.289 e. The van der Waals surface area contributed by atoms with Gasteiger partial charge in [0.05, 0.1) is 18.0 Å². The minimum Gasteiger partial charge on any atom is -0.494 e. The van der Waals surface area contributed by atoms with Gasteiger partial charge in [-0.15, -0.1) is 11.3 Å². The number of hydrogen-bond acceptors (Lipinski definition) is 5. The average molecular weight is 354 g/mol. The summed E-state index contributed by atoms with van der Waals surface area (Å²) < 4.78 is 5.42. The number of nitrogens with zero attached hydrogens (tertiary/aromatic N) is 2. The van der Waals surface area contributed by atoms with Crippen molar-refractivity contribution in [1.29, 1.82) is 0 Å². The van der Waals surface area contributed by atoms with Gasteiger partial charge in [-0.1, -0.05) is 6.07 Å². The minimum absolute atomic E-state index is 0.333. The maximum atomic E-state index is 12.2. The van der Waals surface area contributed by atoms with Gasteiger partial charge in [-0.25, -0.2) is 5.43 Å². The van der Waals surface area contributed by atoms with E-state index in [4.69, 9.17) is 4.74 Å². The zero-order chi connectivity index (χ0) is 17.6. The van der Waals surface area contributed by atoms with E-state index in [9.17, 15) is 4.79 Å². The first kappa shape index (κ1) is 16.9. The lowest BCUT2D eigenvalue weighted by Gasteiger charge is -2.02. The second kappa shape index (κ2) is 7.76. The van der Waals surface area contributed by atoms with Gasteiger partial charge in [0, 0.05) is 10.4 Å². The van der Waals surface area contributed by atoms with Crippen LogP contribution in [-0.2, 0) is 0 Å². The van der Waals surface area contributed by atoms with Crippen molar-refractivity contribution in [1.82, 2.24) is 15.6 Å². The summed E-state index contributed by atoms with van der Waals surface area (Å²) in [7, 11) is 0. The van der Waals surface area contributed by atoms with Crippen molar-refractivity contribution in [3.05, 3.63) is 58.4 Å². The molecule has 2 aromatic heterocycles. The quantitative estimate of drug-likeness (QED) is 0.523. The molecule has 0 spiro atoms. The molecule has 25 heavy (non-hydrogen) atoms. The van der Waals surface area contributed by atoms with Gasteiger partial charge in [0.15, 0.2) is 0 Å². The second-order valence-electron chi connectivity index (χ2n) is 5.24. The third-order valence-corrected chi connectivity index (χ3v) is 4.47. The summed E-state index contributed by atoms with van der Waals surface area (Å²) in [6, 6.07) is 13.2. The molecule has 0 aliphatic carbocycles. The number of benzene rings is 1. The molecule has 0 bridgehead atoms. The van der Waals surface area contributed by atoms with Gasteiger partial charge in [-0.05, 0) is 55.6 Å². The van der Waals surface area contributed by atoms with Crippen LogP contribution >= 0.6 is 11.3 Å². The highest BCUT2D eigenvalue weighted by atomic mass is 32.1. The third-order valence-electron chi connectivity index (χ3n) is 3.49. The number of aromatic amines is 1. The predicted molar refractivity (Wildman–Crippen MR) is 99.2 cm³/mol. The SMILES string of the molecule is CCOc1ccc(-c2cc(C(=O)NN=C(C)c3cccs3)[nH]n2)cc1. The molecule has 3 rings (SSSR count). The number of hydrogen-bond donors (Lipinski definition) is 2. The van der Waals surface area contributed by atoms with E-state index in [0.29, 0.717) is 18.0 Å². The monoisotopic (exact) mass is 354 g/mol. The lowest BCUT2D eigenvalue weighted by Crippen LogP contribution is -2.19. The fourth-order valence-corrected chi connectivity index (χ4v) is 2.89. The number of nitrogens with one attached hydrogen (secondary N) is 2. The van der Waals surface area contributed by atoms with Crippen LogP contribution in [-0.4, -0.2) is 28.4 Å². The Morgan fingerprint density at radius 2 is 2.12 bits per heavy atom. The Hall–Kier alpha value is -2.93. The van der Waals surface area contributed by atoms with Crippen molar-refractivity contribution < 1.29 is 9.53 Å². The van der Waals surface area contributed by atoms with Gasteiger partial charge >= 0.3 is 0 Å². The molecule has 0 radical (unpaired) electrons. The molecule has 128 valence electrons. The van der Waals surface area contributed by atoms with Crippen molar-refractivity contribution in [3.8, 4) is 17.0 Å². The van der Waals surface area contributed by atoms with Crippen molar-refractivity contribution in [2.45, 2.75) is 13.8 Å². The van der Waals surface area contributed by atoms with E-state index >= 15 is 0 Å². The average Bonchev–Trinajstić information content (AvgIpc) is 3.32. The minimum atomic E-state index is -0.333. The molecule has 1 aromatic carbocycles.